The minimum Gasteiger partial charge on any atom is -0.481 e. The third-order valence-corrected chi connectivity index (χ3v) is 4.69. The van der Waals surface area contributed by atoms with E-state index in [1.54, 1.807) is 0 Å². The summed E-state index contributed by atoms with van der Waals surface area (Å²) in [6.45, 7) is 5.14. The quantitative estimate of drug-likeness (QED) is 0.194. The molecule has 0 aliphatic carbocycles. The molecule has 26 heavy (non-hydrogen) atoms. The Bertz CT molecular complexity index is 404. The van der Waals surface area contributed by atoms with Crippen LogP contribution >= 0.6 is 0 Å². The van der Waals surface area contributed by atoms with Gasteiger partial charge in [0.05, 0.1) is 45.4 Å². The highest BCUT2D eigenvalue weighted by molar-refractivity contribution is 5.67. The van der Waals surface area contributed by atoms with Gasteiger partial charge in [0, 0.05) is 0 Å². The molecule has 0 atom stereocenters. The largest absolute Gasteiger partial charge is 0.481 e. The molecular weight excluding hydrogens is 338 g/mol. The molecule has 0 bridgehead atoms. The molecule has 0 heterocycles. The van der Waals surface area contributed by atoms with Gasteiger partial charge in [-0.25, -0.2) is 0 Å². The smallest absolute Gasteiger partial charge is 0.309 e. The minimum absolute atomic E-state index is 0.0825. The molecule has 0 aliphatic heterocycles. The number of unbranched alkanes of at least 4 members (excludes halogenated alkanes) is 6. The summed E-state index contributed by atoms with van der Waals surface area (Å²) in [6.07, 6.45) is 9.03. The van der Waals surface area contributed by atoms with Crippen molar-refractivity contribution in [3.05, 3.63) is 12.7 Å². The Kier molecular flexibility index (Phi) is 13.3. The van der Waals surface area contributed by atoms with Gasteiger partial charge in [-0.1, -0.05) is 25.3 Å². The highest BCUT2D eigenvalue weighted by Gasteiger charge is 2.29. The Balaban J connectivity index is 4.62. The van der Waals surface area contributed by atoms with E-state index in [0.29, 0.717) is 6.54 Å². The predicted octanol–water partition coefficient (Wildman–Crippen LogP) is 3.14. The highest BCUT2D eigenvalue weighted by Crippen LogP contribution is 2.16. The van der Waals surface area contributed by atoms with E-state index in [0.717, 1.165) is 44.9 Å². The number of rotatable bonds is 18. The van der Waals surface area contributed by atoms with Crippen molar-refractivity contribution in [2.24, 2.45) is 0 Å². The van der Waals surface area contributed by atoms with E-state index in [-0.39, 0.29) is 43.4 Å². The Morgan fingerprint density at radius 2 is 1.04 bits per heavy atom. The number of hydrogen-bond acceptors (Lipinski definition) is 3. The first kappa shape index (κ1) is 24.1. The van der Waals surface area contributed by atoms with Crippen molar-refractivity contribution in [3.63, 3.8) is 0 Å². The molecule has 7 heteroatoms. The summed E-state index contributed by atoms with van der Waals surface area (Å²) in [7, 11) is 0. The molecule has 0 spiro atoms. The summed E-state index contributed by atoms with van der Waals surface area (Å²) in [5.41, 5.74) is 0. The third-order valence-electron chi connectivity index (χ3n) is 4.69. The number of hydrogen-bond donors (Lipinski definition) is 3. The van der Waals surface area contributed by atoms with Crippen LogP contribution in [0.1, 0.15) is 64.2 Å². The SMILES string of the molecule is C=CCCCCCCCC[N+](CCC(=O)O)(CCC(=O)O)CCC(=O)O. The first-order valence-electron chi connectivity index (χ1n) is 9.43. The molecule has 0 rings (SSSR count). The molecule has 3 N–H and O–H groups in total. The molecule has 0 aromatic rings. The fourth-order valence-electron chi connectivity index (χ4n) is 3.11. The number of carboxylic acid groups (broad SMARTS) is 3. The van der Waals surface area contributed by atoms with Crippen LogP contribution in [0.5, 0.6) is 0 Å². The van der Waals surface area contributed by atoms with Crippen LogP contribution in [-0.2, 0) is 14.4 Å². The van der Waals surface area contributed by atoms with Crippen LogP contribution in [-0.4, -0.2) is 63.9 Å². The zero-order chi connectivity index (χ0) is 19.8. The number of aliphatic carboxylic acids is 3. The molecule has 150 valence electrons. The van der Waals surface area contributed by atoms with E-state index < -0.39 is 17.9 Å². The molecule has 0 amide bonds. The molecule has 0 unspecified atom stereocenters. The lowest BCUT2D eigenvalue weighted by atomic mass is 10.1. The maximum Gasteiger partial charge on any atom is 0.309 e. The van der Waals surface area contributed by atoms with Gasteiger partial charge in [0.2, 0.25) is 0 Å². The molecule has 0 saturated heterocycles. The average molecular weight is 372 g/mol. The van der Waals surface area contributed by atoms with Crippen molar-refractivity contribution in [2.75, 3.05) is 26.2 Å². The van der Waals surface area contributed by atoms with Crippen molar-refractivity contribution in [3.8, 4) is 0 Å². The Morgan fingerprint density at radius 1 is 0.654 bits per heavy atom. The Morgan fingerprint density at radius 3 is 1.42 bits per heavy atom. The second-order valence-corrected chi connectivity index (χ2v) is 6.87. The molecule has 0 aromatic carbocycles. The zero-order valence-electron chi connectivity index (χ0n) is 15.7. The van der Waals surface area contributed by atoms with Crippen LogP contribution in [0, 0.1) is 0 Å². The normalized spacial score (nSPS) is 11.2. The van der Waals surface area contributed by atoms with Gasteiger partial charge in [-0.2, -0.15) is 0 Å². The number of nitrogens with zero attached hydrogens (tertiary/aromatic N) is 1. The molecule has 7 nitrogen and oxygen atoms in total. The van der Waals surface area contributed by atoms with Gasteiger partial charge in [-0.3, -0.25) is 14.4 Å². The van der Waals surface area contributed by atoms with Gasteiger partial charge >= 0.3 is 17.9 Å². The number of quaternary nitrogens is 1. The van der Waals surface area contributed by atoms with Crippen LogP contribution in [0.4, 0.5) is 0 Å². The summed E-state index contributed by atoms with van der Waals surface area (Å²) in [4.78, 5) is 32.9. The van der Waals surface area contributed by atoms with Crippen LogP contribution in [0.15, 0.2) is 12.7 Å². The van der Waals surface area contributed by atoms with Crippen LogP contribution in [0.2, 0.25) is 0 Å². The van der Waals surface area contributed by atoms with Crippen LogP contribution < -0.4 is 0 Å². The maximum atomic E-state index is 11.0. The lowest BCUT2D eigenvalue weighted by Crippen LogP contribution is -2.52. The van der Waals surface area contributed by atoms with Crippen LogP contribution in [0.3, 0.4) is 0 Å². The topological polar surface area (TPSA) is 112 Å². The van der Waals surface area contributed by atoms with Crippen molar-refractivity contribution < 1.29 is 34.2 Å². The van der Waals surface area contributed by atoms with Crippen molar-refractivity contribution in [1.29, 1.82) is 0 Å². The highest BCUT2D eigenvalue weighted by atomic mass is 16.4. The van der Waals surface area contributed by atoms with E-state index in [1.807, 2.05) is 6.08 Å². The summed E-state index contributed by atoms with van der Waals surface area (Å²) in [5.74, 6) is -2.83. The number of carboxylic acids is 3. The van der Waals surface area contributed by atoms with Gasteiger partial charge < -0.3 is 19.8 Å². The molecule has 0 fully saturated rings. The van der Waals surface area contributed by atoms with Crippen molar-refractivity contribution >= 4 is 17.9 Å². The number of allylic oxidation sites excluding steroid dienone is 1. The minimum atomic E-state index is -0.944. The molecule has 0 saturated carbocycles. The second kappa shape index (κ2) is 14.3. The second-order valence-electron chi connectivity index (χ2n) is 6.87. The van der Waals surface area contributed by atoms with E-state index in [9.17, 15) is 14.4 Å². The molecule has 0 aromatic heterocycles. The monoisotopic (exact) mass is 372 g/mol. The van der Waals surface area contributed by atoms with Gasteiger partial charge in [-0.05, 0) is 25.7 Å². The number of carbonyl (C=O) groups is 3. The Hall–Kier alpha value is -1.89. The fraction of sp³-hybridized carbons (Fsp3) is 0.737. The third kappa shape index (κ3) is 13.4. The fourth-order valence-corrected chi connectivity index (χ4v) is 3.11. The molecule has 0 aliphatic rings. The predicted molar refractivity (Wildman–Crippen MR) is 99.0 cm³/mol. The summed E-state index contributed by atoms with van der Waals surface area (Å²) >= 11 is 0. The van der Waals surface area contributed by atoms with Gasteiger partial charge in [-0.15, -0.1) is 6.58 Å². The zero-order valence-corrected chi connectivity index (χ0v) is 15.7. The van der Waals surface area contributed by atoms with E-state index in [4.69, 9.17) is 15.3 Å². The summed E-state index contributed by atoms with van der Waals surface area (Å²) < 4.78 is 0.251. The maximum absolute atomic E-state index is 11.0. The molecular formula is C19H34NO6+. The van der Waals surface area contributed by atoms with Gasteiger partial charge in [0.1, 0.15) is 0 Å². The van der Waals surface area contributed by atoms with Crippen molar-refractivity contribution in [1.82, 2.24) is 0 Å². The van der Waals surface area contributed by atoms with E-state index in [1.165, 1.54) is 0 Å². The van der Waals surface area contributed by atoms with Crippen molar-refractivity contribution in [2.45, 2.75) is 64.2 Å². The van der Waals surface area contributed by atoms with Crippen LogP contribution in [0.25, 0.3) is 0 Å². The first-order chi connectivity index (χ1) is 12.3. The van der Waals surface area contributed by atoms with E-state index in [2.05, 4.69) is 6.58 Å². The Labute approximate surface area is 155 Å². The first-order valence-corrected chi connectivity index (χ1v) is 9.43. The molecule has 0 radical (unpaired) electrons. The lowest BCUT2D eigenvalue weighted by Gasteiger charge is -2.38. The lowest BCUT2D eigenvalue weighted by molar-refractivity contribution is -0.927. The van der Waals surface area contributed by atoms with E-state index >= 15 is 0 Å². The summed E-state index contributed by atoms with van der Waals surface area (Å²) in [6, 6.07) is 0. The van der Waals surface area contributed by atoms with Gasteiger partial charge in [0.15, 0.2) is 0 Å². The summed E-state index contributed by atoms with van der Waals surface area (Å²) in [5, 5.41) is 27.0. The average Bonchev–Trinajstić information content (AvgIpc) is 2.57. The standard InChI is InChI=1S/C19H33NO6/c1-2-3-4-5-6-7-8-9-13-20(14-10-17(21)22,15-11-18(23)24)16-12-19(25)26/h2H,1,3-16H2,(H2-,21,22,23,24,25,26)/p+1. The van der Waals surface area contributed by atoms with Gasteiger partial charge in [0.25, 0.3) is 0 Å².